The molecule has 1 aromatic heterocycles. The highest BCUT2D eigenvalue weighted by molar-refractivity contribution is 7.98. The van der Waals surface area contributed by atoms with Gasteiger partial charge in [0, 0.05) is 5.02 Å². The Labute approximate surface area is 179 Å². The molecule has 0 unspecified atom stereocenters. The third-order valence-electron chi connectivity index (χ3n) is 5.68. The Balaban J connectivity index is 1.58. The minimum absolute atomic E-state index is 0.0381. The van der Waals surface area contributed by atoms with Crippen molar-refractivity contribution in [2.24, 2.45) is 0 Å². The molecule has 29 heavy (non-hydrogen) atoms. The topological polar surface area (TPSA) is 59.8 Å². The van der Waals surface area contributed by atoms with Crippen LogP contribution in [0, 0.1) is 6.92 Å². The Bertz CT molecular complexity index is 1030. The van der Waals surface area contributed by atoms with Crippen LogP contribution in [0.3, 0.4) is 0 Å². The van der Waals surface area contributed by atoms with Gasteiger partial charge in [0.15, 0.2) is 11.0 Å². The third kappa shape index (κ3) is 3.67. The van der Waals surface area contributed by atoms with Crippen LogP contribution in [-0.4, -0.2) is 26.9 Å². The van der Waals surface area contributed by atoms with Gasteiger partial charge in [-0.25, -0.2) is 0 Å². The van der Waals surface area contributed by atoms with Gasteiger partial charge in [-0.1, -0.05) is 60.1 Å². The average Bonchev–Trinajstić information content (AvgIpc) is 3.10. The molecule has 0 atom stereocenters. The molecule has 3 aromatic rings. The van der Waals surface area contributed by atoms with Gasteiger partial charge in [-0.05, 0) is 55.3 Å². The molecular weight excluding hydrogens is 404 g/mol. The monoisotopic (exact) mass is 426 g/mol. The smallest absolute Gasteiger partial charge is 0.231 e. The molecule has 0 radical (unpaired) electrons. The van der Waals surface area contributed by atoms with E-state index in [-0.39, 0.29) is 5.91 Å². The normalized spacial score (nSPS) is 15.0. The zero-order valence-electron chi connectivity index (χ0n) is 16.5. The number of carbonyl (C=O) groups excluding carboxylic acids is 1. The predicted octanol–water partition coefficient (Wildman–Crippen LogP) is 4.69. The van der Waals surface area contributed by atoms with E-state index in [0.29, 0.717) is 11.6 Å². The van der Waals surface area contributed by atoms with Gasteiger partial charge in [0.1, 0.15) is 0 Å². The van der Waals surface area contributed by atoms with E-state index in [1.54, 1.807) is 0 Å². The van der Waals surface area contributed by atoms with Gasteiger partial charge in [0.2, 0.25) is 5.91 Å². The fraction of sp³-hybridized carbons (Fsp3) is 0.318. The molecule has 0 spiro atoms. The Morgan fingerprint density at radius 1 is 1.17 bits per heavy atom. The molecule has 1 aliphatic carbocycles. The number of thioether (sulfide) groups is 1. The van der Waals surface area contributed by atoms with E-state index in [4.69, 9.17) is 11.6 Å². The first-order valence-electron chi connectivity index (χ1n) is 9.64. The Hall–Kier alpha value is -2.31. The molecule has 1 N–H and O–H groups in total. The van der Waals surface area contributed by atoms with Crippen LogP contribution in [0.1, 0.15) is 36.2 Å². The quantitative estimate of drug-likeness (QED) is 0.581. The fourth-order valence-corrected chi connectivity index (χ4v) is 4.51. The summed E-state index contributed by atoms with van der Waals surface area (Å²) in [6, 6.07) is 15.7. The summed E-state index contributed by atoms with van der Waals surface area (Å²) < 4.78 is 2.02. The van der Waals surface area contributed by atoms with Crippen LogP contribution in [0.15, 0.2) is 53.7 Å². The van der Waals surface area contributed by atoms with Gasteiger partial charge in [-0.2, -0.15) is 0 Å². The maximum Gasteiger partial charge on any atom is 0.231 e. The molecular formula is C22H23ClN4OS. The predicted molar refractivity (Wildman–Crippen MR) is 117 cm³/mol. The standard InChI is InChI=1S/C22H23ClN4OS/c1-15-6-3-4-7-18(15)27-19(25-26-21(27)29-2)14-24-20(28)22(12-5-13-22)16-8-10-17(23)11-9-16/h3-4,6-11H,5,12-14H2,1-2H3,(H,24,28). The number of amides is 1. The molecule has 7 heteroatoms. The van der Waals surface area contributed by atoms with Gasteiger partial charge >= 0.3 is 0 Å². The van der Waals surface area contributed by atoms with Crippen molar-refractivity contribution >= 4 is 29.3 Å². The van der Waals surface area contributed by atoms with Crippen LogP contribution in [-0.2, 0) is 16.8 Å². The van der Waals surface area contributed by atoms with Gasteiger partial charge in [-0.3, -0.25) is 9.36 Å². The molecule has 1 heterocycles. The first-order chi connectivity index (χ1) is 14.0. The third-order valence-corrected chi connectivity index (χ3v) is 6.57. The summed E-state index contributed by atoms with van der Waals surface area (Å²) >= 11 is 7.57. The lowest BCUT2D eigenvalue weighted by Crippen LogP contribution is -2.49. The first kappa shape index (κ1) is 20.0. The van der Waals surface area contributed by atoms with Crippen molar-refractivity contribution in [2.45, 2.75) is 43.3 Å². The molecule has 0 aliphatic heterocycles. The lowest BCUT2D eigenvalue weighted by Gasteiger charge is -2.40. The Morgan fingerprint density at radius 2 is 1.90 bits per heavy atom. The van der Waals surface area contributed by atoms with Crippen molar-refractivity contribution in [2.75, 3.05) is 6.26 Å². The Morgan fingerprint density at radius 3 is 2.52 bits per heavy atom. The molecule has 4 rings (SSSR count). The van der Waals surface area contributed by atoms with Crippen molar-refractivity contribution in [3.63, 3.8) is 0 Å². The Kier molecular flexibility index (Phi) is 5.65. The van der Waals surface area contributed by atoms with Crippen LogP contribution in [0.2, 0.25) is 5.02 Å². The minimum atomic E-state index is -0.472. The average molecular weight is 427 g/mol. The number of halogens is 1. The molecule has 1 aliphatic rings. The van der Waals surface area contributed by atoms with Crippen LogP contribution in [0.25, 0.3) is 5.69 Å². The van der Waals surface area contributed by atoms with E-state index < -0.39 is 5.41 Å². The van der Waals surface area contributed by atoms with E-state index >= 15 is 0 Å². The number of aryl methyl sites for hydroxylation is 1. The number of rotatable bonds is 6. The van der Waals surface area contributed by atoms with Gasteiger partial charge < -0.3 is 5.32 Å². The van der Waals surface area contributed by atoms with Crippen molar-refractivity contribution in [1.29, 1.82) is 0 Å². The van der Waals surface area contributed by atoms with E-state index in [1.165, 1.54) is 11.8 Å². The number of carbonyl (C=O) groups is 1. The van der Waals surface area contributed by atoms with Crippen molar-refractivity contribution in [3.05, 3.63) is 70.5 Å². The zero-order chi connectivity index (χ0) is 20.4. The molecule has 2 aromatic carbocycles. The number of hydrogen-bond donors (Lipinski definition) is 1. The second-order valence-electron chi connectivity index (χ2n) is 7.35. The zero-order valence-corrected chi connectivity index (χ0v) is 18.1. The highest BCUT2D eigenvalue weighted by Gasteiger charge is 2.45. The van der Waals surface area contributed by atoms with Crippen LogP contribution in [0.5, 0.6) is 0 Å². The summed E-state index contributed by atoms with van der Waals surface area (Å²) in [6.07, 6.45) is 4.72. The van der Waals surface area contributed by atoms with E-state index in [1.807, 2.05) is 53.3 Å². The second kappa shape index (κ2) is 8.20. The molecule has 5 nitrogen and oxygen atoms in total. The number of nitrogens with zero attached hydrogens (tertiary/aromatic N) is 3. The fourth-order valence-electron chi connectivity index (χ4n) is 3.88. The van der Waals surface area contributed by atoms with Gasteiger partial charge in [-0.15, -0.1) is 10.2 Å². The summed E-state index contributed by atoms with van der Waals surface area (Å²) in [4.78, 5) is 13.2. The van der Waals surface area contributed by atoms with Crippen LogP contribution >= 0.6 is 23.4 Å². The lowest BCUT2D eigenvalue weighted by molar-refractivity contribution is -0.130. The molecule has 1 fully saturated rings. The summed E-state index contributed by atoms with van der Waals surface area (Å²) in [5, 5.41) is 13.3. The number of benzene rings is 2. The summed E-state index contributed by atoms with van der Waals surface area (Å²) in [5.41, 5.74) is 2.71. The summed E-state index contributed by atoms with van der Waals surface area (Å²) in [7, 11) is 0. The van der Waals surface area contributed by atoms with Crippen LogP contribution in [0.4, 0.5) is 0 Å². The van der Waals surface area contributed by atoms with Crippen molar-refractivity contribution in [1.82, 2.24) is 20.1 Å². The SMILES string of the molecule is CSc1nnc(CNC(=O)C2(c3ccc(Cl)cc3)CCC2)n1-c1ccccc1C. The van der Waals surface area contributed by atoms with E-state index in [9.17, 15) is 4.79 Å². The van der Waals surface area contributed by atoms with E-state index in [2.05, 4.69) is 28.5 Å². The number of nitrogens with one attached hydrogen (secondary N) is 1. The number of para-hydroxylation sites is 1. The van der Waals surface area contributed by atoms with Crippen LogP contribution < -0.4 is 5.32 Å². The molecule has 0 bridgehead atoms. The van der Waals surface area contributed by atoms with Gasteiger partial charge in [0.25, 0.3) is 0 Å². The molecule has 1 amide bonds. The molecule has 150 valence electrons. The molecule has 0 saturated heterocycles. The van der Waals surface area contributed by atoms with Gasteiger partial charge in [0.05, 0.1) is 17.6 Å². The summed E-state index contributed by atoms with van der Waals surface area (Å²) in [6.45, 7) is 2.39. The van der Waals surface area contributed by atoms with Crippen molar-refractivity contribution < 1.29 is 4.79 Å². The molecule has 1 saturated carbocycles. The highest BCUT2D eigenvalue weighted by atomic mass is 35.5. The number of aromatic nitrogens is 3. The minimum Gasteiger partial charge on any atom is -0.348 e. The summed E-state index contributed by atoms with van der Waals surface area (Å²) in [5.74, 6) is 0.763. The lowest BCUT2D eigenvalue weighted by atomic mass is 9.64. The maximum atomic E-state index is 13.2. The maximum absolute atomic E-state index is 13.2. The highest BCUT2D eigenvalue weighted by Crippen LogP contribution is 2.44. The largest absolute Gasteiger partial charge is 0.348 e. The van der Waals surface area contributed by atoms with E-state index in [0.717, 1.165) is 47.1 Å². The first-order valence-corrected chi connectivity index (χ1v) is 11.2. The van der Waals surface area contributed by atoms with Crippen molar-refractivity contribution in [3.8, 4) is 5.69 Å². The number of hydrogen-bond acceptors (Lipinski definition) is 4. The second-order valence-corrected chi connectivity index (χ2v) is 8.56.